The summed E-state index contributed by atoms with van der Waals surface area (Å²) in [7, 11) is -1.31. The standard InChI is InChI=1S/C19H19NO4S/c1-13(18(21)20-12-11-14-7-3-5-9-16(14)20)24-19(22)15-8-4-6-10-17(15)25(2)23/h3-10,13H,11-12H2,1-2H3/t13-,25-/m0/s1. The Balaban J connectivity index is 1.75. The number of anilines is 1. The smallest absolute Gasteiger partial charge is 0.340 e. The van der Waals surface area contributed by atoms with E-state index < -0.39 is 22.9 Å². The first-order valence-corrected chi connectivity index (χ1v) is 9.57. The van der Waals surface area contributed by atoms with Gasteiger partial charge in [-0.05, 0) is 37.1 Å². The molecule has 6 heteroatoms. The fraction of sp³-hybridized carbons (Fsp3) is 0.263. The summed E-state index contributed by atoms with van der Waals surface area (Å²) in [5.74, 6) is -0.896. The van der Waals surface area contributed by atoms with Gasteiger partial charge in [0.1, 0.15) is 0 Å². The number of esters is 1. The maximum atomic E-state index is 12.7. The van der Waals surface area contributed by atoms with Gasteiger partial charge in [-0.25, -0.2) is 4.79 Å². The molecule has 0 aliphatic carbocycles. The van der Waals surface area contributed by atoms with Crippen LogP contribution < -0.4 is 4.90 Å². The number of hydrogen-bond acceptors (Lipinski definition) is 4. The van der Waals surface area contributed by atoms with Crippen molar-refractivity contribution in [1.82, 2.24) is 0 Å². The minimum Gasteiger partial charge on any atom is -0.449 e. The first-order valence-electron chi connectivity index (χ1n) is 8.01. The zero-order valence-corrected chi connectivity index (χ0v) is 14.9. The molecule has 5 nitrogen and oxygen atoms in total. The molecule has 0 aromatic heterocycles. The largest absolute Gasteiger partial charge is 0.449 e. The third kappa shape index (κ3) is 3.49. The number of para-hydroxylation sites is 1. The van der Waals surface area contributed by atoms with Crippen LogP contribution in [0.5, 0.6) is 0 Å². The van der Waals surface area contributed by atoms with E-state index >= 15 is 0 Å². The molecule has 130 valence electrons. The lowest BCUT2D eigenvalue weighted by atomic mass is 10.2. The molecular weight excluding hydrogens is 338 g/mol. The number of amides is 1. The molecule has 0 saturated carbocycles. The van der Waals surface area contributed by atoms with Gasteiger partial charge in [0, 0.05) is 18.5 Å². The zero-order chi connectivity index (χ0) is 18.0. The highest BCUT2D eigenvalue weighted by molar-refractivity contribution is 7.84. The molecule has 1 heterocycles. The minimum atomic E-state index is -1.31. The van der Waals surface area contributed by atoms with Crippen molar-refractivity contribution in [3.63, 3.8) is 0 Å². The van der Waals surface area contributed by atoms with Crippen molar-refractivity contribution in [3.05, 3.63) is 59.7 Å². The van der Waals surface area contributed by atoms with E-state index in [-0.39, 0.29) is 11.5 Å². The summed E-state index contributed by atoms with van der Waals surface area (Å²) in [6.45, 7) is 2.14. The summed E-state index contributed by atoms with van der Waals surface area (Å²) in [5, 5.41) is 0. The van der Waals surface area contributed by atoms with Crippen molar-refractivity contribution < 1.29 is 18.5 Å². The Labute approximate surface area is 149 Å². The molecule has 0 bridgehead atoms. The van der Waals surface area contributed by atoms with Crippen LogP contribution in [0, 0.1) is 0 Å². The topological polar surface area (TPSA) is 63.7 Å². The molecule has 1 aliphatic heterocycles. The molecule has 25 heavy (non-hydrogen) atoms. The lowest BCUT2D eigenvalue weighted by Crippen LogP contribution is -2.39. The van der Waals surface area contributed by atoms with E-state index in [0.717, 1.165) is 17.7 Å². The van der Waals surface area contributed by atoms with Gasteiger partial charge in [-0.1, -0.05) is 30.3 Å². The van der Waals surface area contributed by atoms with Crippen molar-refractivity contribution in [2.75, 3.05) is 17.7 Å². The summed E-state index contributed by atoms with van der Waals surface area (Å²) in [5.41, 5.74) is 2.20. The van der Waals surface area contributed by atoms with Crippen molar-refractivity contribution in [1.29, 1.82) is 0 Å². The maximum absolute atomic E-state index is 12.7. The molecule has 0 unspecified atom stereocenters. The van der Waals surface area contributed by atoms with E-state index in [4.69, 9.17) is 4.74 Å². The number of carbonyl (C=O) groups excluding carboxylic acids is 2. The van der Waals surface area contributed by atoms with Crippen molar-refractivity contribution in [3.8, 4) is 0 Å². The Bertz CT molecular complexity index is 849. The molecule has 3 rings (SSSR count). The Morgan fingerprint density at radius 2 is 1.80 bits per heavy atom. The number of nitrogens with zero attached hydrogens (tertiary/aromatic N) is 1. The summed E-state index contributed by atoms with van der Waals surface area (Å²) in [4.78, 5) is 27.2. The third-order valence-corrected chi connectivity index (χ3v) is 5.18. The van der Waals surface area contributed by atoms with E-state index in [0.29, 0.717) is 11.4 Å². The van der Waals surface area contributed by atoms with E-state index in [1.54, 1.807) is 36.1 Å². The van der Waals surface area contributed by atoms with Gasteiger partial charge >= 0.3 is 5.97 Å². The second kappa shape index (κ2) is 7.19. The van der Waals surface area contributed by atoms with Crippen LogP contribution in [0.3, 0.4) is 0 Å². The van der Waals surface area contributed by atoms with Gasteiger partial charge < -0.3 is 9.64 Å². The lowest BCUT2D eigenvalue weighted by Gasteiger charge is -2.22. The van der Waals surface area contributed by atoms with Gasteiger partial charge in [-0.15, -0.1) is 0 Å². The lowest BCUT2D eigenvalue weighted by molar-refractivity contribution is -0.126. The predicted octanol–water partition coefficient (Wildman–Crippen LogP) is 2.56. The molecule has 1 amide bonds. The van der Waals surface area contributed by atoms with E-state index in [9.17, 15) is 13.8 Å². The average molecular weight is 357 g/mol. The second-order valence-corrected chi connectivity index (χ2v) is 7.21. The SMILES string of the molecule is C[C@H](OC(=O)c1ccccc1[S@](C)=O)C(=O)N1CCc2ccccc21. The van der Waals surface area contributed by atoms with Crippen molar-refractivity contribution in [2.24, 2.45) is 0 Å². The van der Waals surface area contributed by atoms with Gasteiger partial charge in [0.2, 0.25) is 0 Å². The molecule has 2 aromatic rings. The summed E-state index contributed by atoms with van der Waals surface area (Å²) < 4.78 is 17.1. The van der Waals surface area contributed by atoms with Gasteiger partial charge in [0.15, 0.2) is 6.10 Å². The average Bonchev–Trinajstić information content (AvgIpc) is 3.05. The first kappa shape index (κ1) is 17.4. The summed E-state index contributed by atoms with van der Waals surface area (Å²) in [6, 6.07) is 14.3. The van der Waals surface area contributed by atoms with Crippen LogP contribution in [0.15, 0.2) is 53.4 Å². The van der Waals surface area contributed by atoms with Crippen LogP contribution in [0.4, 0.5) is 5.69 Å². The van der Waals surface area contributed by atoms with E-state index in [1.807, 2.05) is 24.3 Å². The Kier molecular flexibility index (Phi) is 4.99. The number of rotatable bonds is 4. The van der Waals surface area contributed by atoms with Crippen molar-refractivity contribution >= 4 is 28.4 Å². The number of ether oxygens (including phenoxy) is 1. The summed E-state index contributed by atoms with van der Waals surface area (Å²) in [6.07, 6.45) is 1.37. The molecule has 0 saturated heterocycles. The Morgan fingerprint density at radius 1 is 1.12 bits per heavy atom. The van der Waals surface area contributed by atoms with Gasteiger partial charge in [0.05, 0.1) is 21.3 Å². The van der Waals surface area contributed by atoms with E-state index in [1.165, 1.54) is 6.26 Å². The molecular formula is C19H19NO4S. The Morgan fingerprint density at radius 3 is 2.56 bits per heavy atom. The van der Waals surface area contributed by atoms with E-state index in [2.05, 4.69) is 0 Å². The first-order chi connectivity index (χ1) is 12.0. The van der Waals surface area contributed by atoms with Crippen LogP contribution in [-0.2, 0) is 26.8 Å². The monoisotopic (exact) mass is 357 g/mol. The zero-order valence-electron chi connectivity index (χ0n) is 14.1. The van der Waals surface area contributed by atoms with Crippen molar-refractivity contribution in [2.45, 2.75) is 24.3 Å². The number of hydrogen-bond donors (Lipinski definition) is 0. The number of carbonyl (C=O) groups is 2. The Hall–Kier alpha value is -2.47. The highest BCUT2D eigenvalue weighted by Gasteiger charge is 2.30. The molecule has 0 N–H and O–H groups in total. The van der Waals surface area contributed by atoms with Gasteiger partial charge in [-0.2, -0.15) is 0 Å². The van der Waals surface area contributed by atoms with Gasteiger partial charge in [-0.3, -0.25) is 9.00 Å². The molecule has 0 radical (unpaired) electrons. The minimum absolute atomic E-state index is 0.227. The van der Waals surface area contributed by atoms with Crippen LogP contribution in [0.2, 0.25) is 0 Å². The maximum Gasteiger partial charge on any atom is 0.340 e. The highest BCUT2D eigenvalue weighted by atomic mass is 32.2. The fourth-order valence-corrected chi connectivity index (χ4v) is 3.68. The second-order valence-electron chi connectivity index (χ2n) is 5.87. The van der Waals surface area contributed by atoms with Gasteiger partial charge in [0.25, 0.3) is 5.91 Å². The molecule has 1 aliphatic rings. The molecule has 2 atom stereocenters. The summed E-state index contributed by atoms with van der Waals surface area (Å²) >= 11 is 0. The predicted molar refractivity (Wildman–Crippen MR) is 96.2 cm³/mol. The quantitative estimate of drug-likeness (QED) is 0.789. The van der Waals surface area contributed by atoms with Crippen LogP contribution >= 0.6 is 0 Å². The third-order valence-electron chi connectivity index (χ3n) is 4.20. The fourth-order valence-electron chi connectivity index (χ4n) is 2.95. The number of benzene rings is 2. The molecule has 0 spiro atoms. The van der Waals surface area contributed by atoms with Crippen LogP contribution in [0.1, 0.15) is 22.8 Å². The van der Waals surface area contributed by atoms with Crippen LogP contribution in [-0.4, -0.2) is 35.0 Å². The van der Waals surface area contributed by atoms with Crippen LogP contribution in [0.25, 0.3) is 0 Å². The number of fused-ring (bicyclic) bond motifs is 1. The normalized spacial score (nSPS) is 15.4. The highest BCUT2D eigenvalue weighted by Crippen LogP contribution is 2.28. The molecule has 0 fully saturated rings. The molecule has 2 aromatic carbocycles.